The van der Waals surface area contributed by atoms with Gasteiger partial charge in [0.25, 0.3) is 0 Å². The van der Waals surface area contributed by atoms with Crippen molar-refractivity contribution < 1.29 is 4.79 Å². The number of carbonyl (C=O) groups is 1. The number of fused-ring (bicyclic) bond motifs is 1. The molecule has 0 saturated heterocycles. The standard InChI is InChI=1S/C22H18BrN3O.BrH/c23-18-10-6-9-17(13-18)21(27)15-26-20-12-5-4-11-19(20)25(22(26)24)14-16-7-2-1-3-8-16;/h1-13,24H,14-15H2;1H. The SMILES string of the molecule is Br.N=c1n(CC(=O)c2cccc(Br)c2)c2ccccc2n1Cc1ccccc1. The van der Waals surface area contributed by atoms with E-state index in [1.807, 2.05) is 77.4 Å². The maximum atomic E-state index is 12.8. The van der Waals surface area contributed by atoms with Gasteiger partial charge in [0, 0.05) is 10.0 Å². The second-order valence-corrected chi connectivity index (χ2v) is 7.32. The third-order valence-corrected chi connectivity index (χ3v) is 5.10. The van der Waals surface area contributed by atoms with Gasteiger partial charge in [-0.15, -0.1) is 17.0 Å². The summed E-state index contributed by atoms with van der Waals surface area (Å²) in [5.41, 5.74) is 3.92. The van der Waals surface area contributed by atoms with Crippen molar-refractivity contribution in [3.8, 4) is 0 Å². The fourth-order valence-corrected chi connectivity index (χ4v) is 3.68. The Morgan fingerprint density at radius 1 is 0.857 bits per heavy atom. The van der Waals surface area contributed by atoms with Crippen molar-refractivity contribution in [3.63, 3.8) is 0 Å². The van der Waals surface area contributed by atoms with E-state index in [1.165, 1.54) is 0 Å². The van der Waals surface area contributed by atoms with Crippen LogP contribution in [0.4, 0.5) is 0 Å². The molecule has 4 rings (SSSR count). The topological polar surface area (TPSA) is 50.8 Å². The second-order valence-electron chi connectivity index (χ2n) is 6.40. The average molecular weight is 501 g/mol. The summed E-state index contributed by atoms with van der Waals surface area (Å²) in [4.78, 5) is 12.8. The molecular formula is C22H19Br2N3O. The number of nitrogens with one attached hydrogen (secondary N) is 1. The zero-order valence-corrected chi connectivity index (χ0v) is 18.3. The summed E-state index contributed by atoms with van der Waals surface area (Å²) in [5, 5.41) is 8.69. The van der Waals surface area contributed by atoms with Crippen LogP contribution in [0, 0.1) is 5.41 Å². The molecule has 0 bridgehead atoms. The number of rotatable bonds is 5. The molecule has 142 valence electrons. The lowest BCUT2D eigenvalue weighted by Crippen LogP contribution is -2.27. The van der Waals surface area contributed by atoms with Crippen LogP contribution in [0.3, 0.4) is 0 Å². The highest BCUT2D eigenvalue weighted by Crippen LogP contribution is 2.17. The monoisotopic (exact) mass is 499 g/mol. The highest BCUT2D eigenvalue weighted by atomic mass is 79.9. The van der Waals surface area contributed by atoms with Crippen molar-refractivity contribution in [2.24, 2.45) is 0 Å². The number of halogens is 2. The van der Waals surface area contributed by atoms with Crippen LogP contribution >= 0.6 is 32.9 Å². The van der Waals surface area contributed by atoms with E-state index >= 15 is 0 Å². The van der Waals surface area contributed by atoms with Crippen LogP contribution in [-0.2, 0) is 13.1 Å². The summed E-state index contributed by atoms with van der Waals surface area (Å²) in [5.74, 6) is -0.0163. The predicted molar refractivity (Wildman–Crippen MR) is 120 cm³/mol. The molecule has 0 radical (unpaired) electrons. The van der Waals surface area contributed by atoms with Gasteiger partial charge < -0.3 is 9.13 Å². The lowest BCUT2D eigenvalue weighted by Gasteiger charge is -2.06. The summed E-state index contributed by atoms with van der Waals surface area (Å²) in [6, 6.07) is 25.3. The van der Waals surface area contributed by atoms with Gasteiger partial charge in [-0.25, -0.2) is 0 Å². The minimum absolute atomic E-state index is 0. The quantitative estimate of drug-likeness (QED) is 0.376. The first-order valence-electron chi connectivity index (χ1n) is 8.69. The third kappa shape index (κ3) is 4.03. The summed E-state index contributed by atoms with van der Waals surface area (Å²) in [6.45, 7) is 0.732. The maximum Gasteiger partial charge on any atom is 0.203 e. The van der Waals surface area contributed by atoms with Gasteiger partial charge in [-0.3, -0.25) is 10.2 Å². The van der Waals surface area contributed by atoms with Crippen LogP contribution < -0.4 is 5.62 Å². The van der Waals surface area contributed by atoms with E-state index < -0.39 is 0 Å². The predicted octanol–water partition coefficient (Wildman–Crippen LogP) is 5.19. The molecule has 0 aliphatic heterocycles. The molecular weight excluding hydrogens is 482 g/mol. The molecule has 0 saturated carbocycles. The molecule has 1 heterocycles. The molecule has 0 aliphatic carbocycles. The Balaban J connectivity index is 0.00000225. The van der Waals surface area contributed by atoms with E-state index in [4.69, 9.17) is 5.41 Å². The summed E-state index contributed by atoms with van der Waals surface area (Å²) >= 11 is 3.41. The van der Waals surface area contributed by atoms with E-state index in [0.717, 1.165) is 21.1 Å². The van der Waals surface area contributed by atoms with Crippen molar-refractivity contribution >= 4 is 49.7 Å². The van der Waals surface area contributed by atoms with Crippen LogP contribution in [0.15, 0.2) is 83.3 Å². The highest BCUT2D eigenvalue weighted by Gasteiger charge is 2.15. The van der Waals surface area contributed by atoms with Gasteiger partial charge >= 0.3 is 0 Å². The molecule has 3 aromatic carbocycles. The van der Waals surface area contributed by atoms with Crippen molar-refractivity contribution in [2.45, 2.75) is 13.1 Å². The van der Waals surface area contributed by atoms with E-state index in [-0.39, 0.29) is 29.3 Å². The van der Waals surface area contributed by atoms with E-state index in [2.05, 4.69) is 15.9 Å². The molecule has 0 fully saturated rings. The van der Waals surface area contributed by atoms with Gasteiger partial charge in [-0.05, 0) is 29.8 Å². The Kier molecular flexibility index (Phi) is 6.31. The summed E-state index contributed by atoms with van der Waals surface area (Å²) < 4.78 is 4.59. The molecule has 4 nitrogen and oxygen atoms in total. The number of para-hydroxylation sites is 2. The molecule has 1 aromatic heterocycles. The van der Waals surface area contributed by atoms with Crippen LogP contribution in [-0.4, -0.2) is 14.9 Å². The van der Waals surface area contributed by atoms with E-state index in [9.17, 15) is 4.79 Å². The van der Waals surface area contributed by atoms with Crippen molar-refractivity contribution in [1.82, 2.24) is 9.13 Å². The fraction of sp³-hybridized carbons (Fsp3) is 0.0909. The minimum atomic E-state index is -0.0163. The van der Waals surface area contributed by atoms with Gasteiger partial charge in [0.15, 0.2) is 5.78 Å². The molecule has 28 heavy (non-hydrogen) atoms. The summed E-state index contributed by atoms with van der Waals surface area (Å²) in [6.07, 6.45) is 0. The minimum Gasteiger partial charge on any atom is -0.306 e. The number of nitrogens with zero attached hydrogens (tertiary/aromatic N) is 2. The first-order chi connectivity index (χ1) is 13.1. The first-order valence-corrected chi connectivity index (χ1v) is 9.48. The molecule has 0 amide bonds. The van der Waals surface area contributed by atoms with Gasteiger partial charge in [-0.2, -0.15) is 0 Å². The number of hydrogen-bond acceptors (Lipinski definition) is 2. The lowest BCUT2D eigenvalue weighted by atomic mass is 10.1. The molecule has 0 spiro atoms. The van der Waals surface area contributed by atoms with Crippen LogP contribution in [0.2, 0.25) is 0 Å². The van der Waals surface area contributed by atoms with Gasteiger partial charge in [0.05, 0.1) is 24.1 Å². The Labute approximate surface area is 181 Å². The first kappa shape index (κ1) is 20.3. The highest BCUT2D eigenvalue weighted by molar-refractivity contribution is 9.10. The van der Waals surface area contributed by atoms with Gasteiger partial charge in [0.2, 0.25) is 5.62 Å². The maximum absolute atomic E-state index is 12.8. The number of ketones is 1. The second kappa shape index (κ2) is 8.71. The largest absolute Gasteiger partial charge is 0.306 e. The number of Topliss-reactive ketones (excluding diaryl/α,β-unsaturated/α-hetero) is 1. The Hall–Kier alpha value is -2.44. The van der Waals surface area contributed by atoms with Crippen LogP contribution in [0.25, 0.3) is 11.0 Å². The molecule has 1 N–H and O–H groups in total. The van der Waals surface area contributed by atoms with Gasteiger partial charge in [-0.1, -0.05) is 70.5 Å². The average Bonchev–Trinajstić information content (AvgIpc) is 2.95. The number of benzene rings is 3. The Morgan fingerprint density at radius 3 is 2.18 bits per heavy atom. The van der Waals surface area contributed by atoms with Gasteiger partial charge in [0.1, 0.15) is 0 Å². The molecule has 0 atom stereocenters. The van der Waals surface area contributed by atoms with Crippen LogP contribution in [0.5, 0.6) is 0 Å². The fourth-order valence-electron chi connectivity index (χ4n) is 3.28. The smallest absolute Gasteiger partial charge is 0.203 e. The van der Waals surface area contributed by atoms with Crippen molar-refractivity contribution in [2.75, 3.05) is 0 Å². The number of aromatic nitrogens is 2. The van der Waals surface area contributed by atoms with Crippen molar-refractivity contribution in [3.05, 3.63) is 100 Å². The normalized spacial score (nSPS) is 10.6. The summed E-state index contributed by atoms with van der Waals surface area (Å²) in [7, 11) is 0. The van der Waals surface area contributed by atoms with E-state index in [1.54, 1.807) is 10.6 Å². The number of hydrogen-bond donors (Lipinski definition) is 1. The Bertz CT molecular complexity index is 1180. The number of imidazole rings is 1. The zero-order chi connectivity index (χ0) is 18.8. The number of carbonyl (C=O) groups excluding carboxylic acids is 1. The molecule has 0 unspecified atom stereocenters. The third-order valence-electron chi connectivity index (χ3n) is 4.61. The molecule has 0 aliphatic rings. The molecule has 4 aromatic rings. The van der Waals surface area contributed by atoms with E-state index in [0.29, 0.717) is 17.7 Å². The molecule has 6 heteroatoms. The Morgan fingerprint density at radius 2 is 1.50 bits per heavy atom. The lowest BCUT2D eigenvalue weighted by molar-refractivity contribution is 0.0971. The van der Waals surface area contributed by atoms with Crippen molar-refractivity contribution in [1.29, 1.82) is 5.41 Å². The van der Waals surface area contributed by atoms with Crippen LogP contribution in [0.1, 0.15) is 15.9 Å². The zero-order valence-electron chi connectivity index (χ0n) is 15.0.